The van der Waals surface area contributed by atoms with Crippen molar-refractivity contribution in [3.8, 4) is 11.6 Å². The number of hydrogen-bond acceptors (Lipinski definition) is 6. The van der Waals surface area contributed by atoms with Crippen molar-refractivity contribution in [2.24, 2.45) is 0 Å². The molecule has 1 atom stereocenters. The van der Waals surface area contributed by atoms with E-state index in [0.29, 0.717) is 22.7 Å². The van der Waals surface area contributed by atoms with Crippen molar-refractivity contribution in [3.63, 3.8) is 0 Å². The minimum absolute atomic E-state index is 0.415. The monoisotopic (exact) mass is 437 g/mol. The summed E-state index contributed by atoms with van der Waals surface area (Å²) in [6.07, 6.45) is 1.56. The third kappa shape index (κ3) is 5.46. The molecule has 2 aromatic carbocycles. The second-order valence-corrected chi connectivity index (χ2v) is 8.53. The summed E-state index contributed by atoms with van der Waals surface area (Å²) in [6.45, 7) is 6.03. The fourth-order valence-electron chi connectivity index (χ4n) is 3.75. The zero-order valence-electron chi connectivity index (χ0n) is 18.2. The molecular formula is C24H28ClN5O. The number of aromatic nitrogens is 2. The maximum absolute atomic E-state index is 5.94. The summed E-state index contributed by atoms with van der Waals surface area (Å²) in [5, 5.41) is 0.677. The highest BCUT2D eigenvalue weighted by molar-refractivity contribution is 6.30. The fourth-order valence-corrected chi connectivity index (χ4v) is 3.88. The lowest BCUT2D eigenvalue weighted by atomic mass is 10.1. The molecule has 0 spiro atoms. The zero-order valence-corrected chi connectivity index (χ0v) is 19.0. The van der Waals surface area contributed by atoms with Gasteiger partial charge in [-0.2, -0.15) is 0 Å². The molecule has 0 aliphatic carbocycles. The van der Waals surface area contributed by atoms with Crippen LogP contribution < -0.4 is 14.5 Å². The molecule has 3 aromatic rings. The van der Waals surface area contributed by atoms with Crippen molar-refractivity contribution >= 4 is 23.1 Å². The first-order valence-electron chi connectivity index (χ1n) is 10.5. The molecule has 2 heterocycles. The predicted octanol–water partition coefficient (Wildman–Crippen LogP) is 4.70. The van der Waals surface area contributed by atoms with Crippen LogP contribution in [-0.4, -0.2) is 54.6 Å². The van der Waals surface area contributed by atoms with Crippen LogP contribution in [0.3, 0.4) is 0 Å². The number of benzene rings is 2. The number of halogens is 1. The lowest BCUT2D eigenvalue weighted by Gasteiger charge is -2.40. The Morgan fingerprint density at radius 3 is 2.45 bits per heavy atom. The Balaban J connectivity index is 1.37. The van der Waals surface area contributed by atoms with Gasteiger partial charge >= 0.3 is 0 Å². The minimum Gasteiger partial charge on any atom is -0.439 e. The summed E-state index contributed by atoms with van der Waals surface area (Å²) >= 11 is 5.94. The van der Waals surface area contributed by atoms with Gasteiger partial charge in [0.25, 0.3) is 0 Å². The summed E-state index contributed by atoms with van der Waals surface area (Å²) < 4.78 is 5.87. The molecule has 1 fully saturated rings. The molecule has 1 aromatic heterocycles. The highest BCUT2D eigenvalue weighted by Crippen LogP contribution is 2.25. The topological polar surface area (TPSA) is 44.7 Å². The van der Waals surface area contributed by atoms with E-state index in [0.717, 1.165) is 32.0 Å². The smallest absolute Gasteiger partial charge is 0.224 e. The Morgan fingerprint density at radius 1 is 1.03 bits per heavy atom. The quantitative estimate of drug-likeness (QED) is 0.557. The third-order valence-electron chi connectivity index (χ3n) is 5.59. The standard InChI is InChI=1S/C24H28ClN5O/c1-18-15-30(13-12-29(18)16-19-4-8-21(9-5-19)28(2)3)23-14-24(27-17-26-23)31-22-10-6-20(25)7-11-22/h4-11,14,17-18H,12-13,15-16H2,1-3H3/t18-/m0/s1. The number of anilines is 2. The van der Waals surface area contributed by atoms with Crippen LogP contribution in [0.15, 0.2) is 60.9 Å². The Bertz CT molecular complexity index is 994. The van der Waals surface area contributed by atoms with Crippen LogP contribution in [0, 0.1) is 0 Å². The highest BCUT2D eigenvalue weighted by Gasteiger charge is 2.25. The minimum atomic E-state index is 0.415. The molecule has 4 rings (SSSR count). The number of nitrogens with zero attached hydrogens (tertiary/aromatic N) is 5. The molecule has 0 radical (unpaired) electrons. The molecule has 31 heavy (non-hydrogen) atoms. The van der Waals surface area contributed by atoms with E-state index in [1.807, 2.05) is 18.2 Å². The van der Waals surface area contributed by atoms with Gasteiger partial charge in [-0.15, -0.1) is 0 Å². The molecule has 7 heteroatoms. The zero-order chi connectivity index (χ0) is 21.8. The molecule has 1 aliphatic heterocycles. The number of hydrogen-bond donors (Lipinski definition) is 0. The van der Waals surface area contributed by atoms with Gasteiger partial charge in [-0.25, -0.2) is 9.97 Å². The van der Waals surface area contributed by atoms with E-state index in [2.05, 4.69) is 70.0 Å². The second kappa shape index (κ2) is 9.54. The summed E-state index contributed by atoms with van der Waals surface area (Å²) in [6, 6.07) is 18.4. The Labute approximate surface area is 189 Å². The molecule has 0 unspecified atom stereocenters. The van der Waals surface area contributed by atoms with Crippen molar-refractivity contribution in [1.82, 2.24) is 14.9 Å². The summed E-state index contributed by atoms with van der Waals surface area (Å²) in [4.78, 5) is 15.7. The summed E-state index contributed by atoms with van der Waals surface area (Å²) in [5.74, 6) is 2.12. The van der Waals surface area contributed by atoms with Gasteiger partial charge in [0, 0.05) is 63.1 Å². The molecule has 0 saturated carbocycles. The largest absolute Gasteiger partial charge is 0.439 e. The first kappa shape index (κ1) is 21.4. The molecule has 6 nitrogen and oxygen atoms in total. The lowest BCUT2D eigenvalue weighted by Crippen LogP contribution is -2.51. The van der Waals surface area contributed by atoms with Crippen molar-refractivity contribution in [3.05, 3.63) is 71.5 Å². The average Bonchev–Trinajstić information content (AvgIpc) is 2.77. The second-order valence-electron chi connectivity index (χ2n) is 8.10. The van der Waals surface area contributed by atoms with Crippen LogP contribution in [0.5, 0.6) is 11.6 Å². The van der Waals surface area contributed by atoms with Gasteiger partial charge < -0.3 is 14.5 Å². The molecule has 1 aliphatic rings. The number of ether oxygens (including phenoxy) is 1. The van der Waals surface area contributed by atoms with Crippen molar-refractivity contribution < 1.29 is 4.74 Å². The molecule has 0 amide bonds. The van der Waals surface area contributed by atoms with Gasteiger partial charge in [-0.1, -0.05) is 23.7 Å². The van der Waals surface area contributed by atoms with E-state index in [-0.39, 0.29) is 0 Å². The maximum atomic E-state index is 5.94. The van der Waals surface area contributed by atoms with Crippen LogP contribution in [0.25, 0.3) is 0 Å². The normalized spacial score (nSPS) is 16.9. The van der Waals surface area contributed by atoms with E-state index < -0.39 is 0 Å². The highest BCUT2D eigenvalue weighted by atomic mass is 35.5. The van der Waals surface area contributed by atoms with Crippen LogP contribution >= 0.6 is 11.6 Å². The lowest BCUT2D eigenvalue weighted by molar-refractivity contribution is 0.180. The van der Waals surface area contributed by atoms with Gasteiger partial charge in [0.2, 0.25) is 5.88 Å². The van der Waals surface area contributed by atoms with Gasteiger partial charge in [0.15, 0.2) is 0 Å². The number of rotatable bonds is 6. The summed E-state index contributed by atoms with van der Waals surface area (Å²) in [7, 11) is 4.13. The fraction of sp³-hybridized carbons (Fsp3) is 0.333. The SMILES string of the molecule is C[C@H]1CN(c2cc(Oc3ccc(Cl)cc3)ncn2)CCN1Cc1ccc(N(C)C)cc1. The Kier molecular flexibility index (Phi) is 6.59. The Morgan fingerprint density at radius 2 is 1.77 bits per heavy atom. The predicted molar refractivity (Wildman–Crippen MR) is 126 cm³/mol. The average molecular weight is 438 g/mol. The van der Waals surface area contributed by atoms with Crippen LogP contribution in [0.2, 0.25) is 5.02 Å². The van der Waals surface area contributed by atoms with Gasteiger partial charge in [-0.05, 0) is 48.9 Å². The van der Waals surface area contributed by atoms with Gasteiger partial charge in [0.05, 0.1) is 0 Å². The molecule has 0 N–H and O–H groups in total. The van der Waals surface area contributed by atoms with E-state index in [9.17, 15) is 0 Å². The number of piperazine rings is 1. The van der Waals surface area contributed by atoms with E-state index in [1.165, 1.54) is 11.3 Å². The maximum Gasteiger partial charge on any atom is 0.224 e. The van der Waals surface area contributed by atoms with Gasteiger partial charge in [0.1, 0.15) is 17.9 Å². The van der Waals surface area contributed by atoms with Crippen LogP contribution in [0.1, 0.15) is 12.5 Å². The van der Waals surface area contributed by atoms with E-state index >= 15 is 0 Å². The van der Waals surface area contributed by atoms with E-state index in [4.69, 9.17) is 16.3 Å². The first-order valence-corrected chi connectivity index (χ1v) is 10.9. The molecule has 0 bridgehead atoms. The van der Waals surface area contributed by atoms with Crippen LogP contribution in [-0.2, 0) is 6.54 Å². The molecule has 1 saturated heterocycles. The van der Waals surface area contributed by atoms with Gasteiger partial charge in [-0.3, -0.25) is 4.90 Å². The van der Waals surface area contributed by atoms with Crippen LogP contribution in [0.4, 0.5) is 11.5 Å². The molecular weight excluding hydrogens is 410 g/mol. The molecule has 162 valence electrons. The van der Waals surface area contributed by atoms with Crippen molar-refractivity contribution in [2.75, 3.05) is 43.5 Å². The first-order chi connectivity index (χ1) is 15.0. The third-order valence-corrected chi connectivity index (χ3v) is 5.84. The summed E-state index contributed by atoms with van der Waals surface area (Å²) in [5.41, 5.74) is 2.56. The van der Waals surface area contributed by atoms with E-state index in [1.54, 1.807) is 18.5 Å². The van der Waals surface area contributed by atoms with Crippen molar-refractivity contribution in [2.45, 2.75) is 19.5 Å². The Hall–Kier alpha value is -2.83. The van der Waals surface area contributed by atoms with Crippen molar-refractivity contribution in [1.29, 1.82) is 0 Å².